The Morgan fingerprint density at radius 3 is 2.81 bits per heavy atom. The van der Waals surface area contributed by atoms with Crippen LogP contribution in [0.25, 0.3) is 0 Å². The smallest absolute Gasteiger partial charge is 0.325 e. The molecular weight excluding hydrogens is 372 g/mol. The number of benzene rings is 1. The number of nitrogens with one attached hydrogen (secondary N) is 3. The van der Waals surface area contributed by atoms with Crippen LogP contribution in [-0.2, 0) is 21.5 Å². The quantitative estimate of drug-likeness (QED) is 0.514. The van der Waals surface area contributed by atoms with Crippen molar-refractivity contribution in [1.29, 1.82) is 0 Å². The van der Waals surface area contributed by atoms with Gasteiger partial charge < -0.3 is 21.1 Å². The van der Waals surface area contributed by atoms with Crippen molar-refractivity contribution < 1.29 is 19.5 Å². The zero-order chi connectivity index (χ0) is 18.3. The fourth-order valence-corrected chi connectivity index (χ4v) is 4.11. The van der Waals surface area contributed by atoms with E-state index in [4.69, 9.17) is 0 Å². The second-order valence-electron chi connectivity index (χ2n) is 7.17. The minimum absolute atomic E-state index is 0. The molecule has 4 N–H and O–H groups in total. The number of hydrogen-bond donors (Lipinski definition) is 4. The lowest BCUT2D eigenvalue weighted by Crippen LogP contribution is -2.45. The molecule has 1 aromatic carbocycles. The summed E-state index contributed by atoms with van der Waals surface area (Å²) in [7, 11) is 0. The Hall–Kier alpha value is -2.16. The van der Waals surface area contributed by atoms with E-state index in [1.165, 1.54) is 0 Å². The van der Waals surface area contributed by atoms with Crippen LogP contribution in [0.3, 0.4) is 0 Å². The van der Waals surface area contributed by atoms with E-state index in [9.17, 15) is 19.5 Å². The molecule has 2 fully saturated rings. The molecule has 2 saturated heterocycles. The Kier molecular flexibility index (Phi) is 5.41. The predicted molar refractivity (Wildman–Crippen MR) is 99.3 cm³/mol. The monoisotopic (exact) mass is 394 g/mol. The van der Waals surface area contributed by atoms with Gasteiger partial charge in [0.05, 0.1) is 6.10 Å². The van der Waals surface area contributed by atoms with Crippen LogP contribution in [0, 0.1) is 5.92 Å². The maximum Gasteiger partial charge on any atom is 0.325 e. The number of carbonyl (C=O) groups excluding carboxylic acids is 3. The summed E-state index contributed by atoms with van der Waals surface area (Å²) >= 11 is 0. The number of aryl methyl sites for hydroxylation is 1. The SMILES string of the molecule is Cl.O=C(CN1C(=O)NC2(CCc3ccccc32)C1=O)NCC1CNCC1O. The number of hydrogen-bond acceptors (Lipinski definition) is 5. The molecule has 0 saturated carbocycles. The highest BCUT2D eigenvalue weighted by Crippen LogP contribution is 2.41. The summed E-state index contributed by atoms with van der Waals surface area (Å²) in [6, 6.07) is 7.04. The molecular formula is C18H23ClN4O4. The number of halogens is 1. The maximum absolute atomic E-state index is 13.0. The predicted octanol–water partition coefficient (Wildman–Crippen LogP) is -0.502. The van der Waals surface area contributed by atoms with Crippen molar-refractivity contribution in [2.24, 2.45) is 5.92 Å². The van der Waals surface area contributed by atoms with Crippen LogP contribution in [0.15, 0.2) is 24.3 Å². The molecule has 1 aromatic rings. The second kappa shape index (κ2) is 7.46. The van der Waals surface area contributed by atoms with Crippen molar-refractivity contribution in [1.82, 2.24) is 20.9 Å². The third-order valence-corrected chi connectivity index (χ3v) is 5.59. The van der Waals surface area contributed by atoms with E-state index in [1.54, 1.807) is 0 Å². The number of imide groups is 1. The molecule has 8 nitrogen and oxygen atoms in total. The summed E-state index contributed by atoms with van der Waals surface area (Å²) < 4.78 is 0. The fraction of sp³-hybridized carbons (Fsp3) is 0.500. The standard InChI is InChI=1S/C18H22N4O4.ClH/c23-14-9-19-7-12(14)8-20-15(24)10-22-16(25)18(21-17(22)26)6-5-11-3-1-2-4-13(11)18;/h1-4,12,14,19,23H,5-10H2,(H,20,24)(H,21,26);1H. The van der Waals surface area contributed by atoms with Gasteiger partial charge in [-0.3, -0.25) is 14.5 Å². The van der Waals surface area contributed by atoms with E-state index in [0.717, 1.165) is 22.4 Å². The summed E-state index contributed by atoms with van der Waals surface area (Å²) in [5.74, 6) is -0.837. The van der Waals surface area contributed by atoms with Crippen LogP contribution < -0.4 is 16.0 Å². The van der Waals surface area contributed by atoms with Crippen LogP contribution in [0.5, 0.6) is 0 Å². The lowest BCUT2D eigenvalue weighted by molar-refractivity contribution is -0.135. The first-order valence-corrected chi connectivity index (χ1v) is 8.89. The van der Waals surface area contributed by atoms with Crippen LogP contribution >= 0.6 is 12.4 Å². The third-order valence-electron chi connectivity index (χ3n) is 5.59. The first-order valence-electron chi connectivity index (χ1n) is 8.89. The number of β-amino-alcohol motifs (C(OH)–C–C–N with tert-alkyl or cyclic N) is 1. The van der Waals surface area contributed by atoms with E-state index in [0.29, 0.717) is 26.1 Å². The number of fused-ring (bicyclic) bond motifs is 2. The molecule has 2 aliphatic heterocycles. The highest BCUT2D eigenvalue weighted by Gasteiger charge is 2.55. The summed E-state index contributed by atoms with van der Waals surface area (Å²) in [5.41, 5.74) is 0.830. The molecule has 2 heterocycles. The Labute approximate surface area is 163 Å². The van der Waals surface area contributed by atoms with Gasteiger partial charge in [-0.1, -0.05) is 24.3 Å². The van der Waals surface area contributed by atoms with Gasteiger partial charge in [0.2, 0.25) is 5.91 Å². The highest BCUT2D eigenvalue weighted by atomic mass is 35.5. The second-order valence-corrected chi connectivity index (χ2v) is 7.17. The summed E-state index contributed by atoms with van der Waals surface area (Å²) in [5, 5.41) is 18.3. The Morgan fingerprint density at radius 2 is 2.07 bits per heavy atom. The Morgan fingerprint density at radius 1 is 1.30 bits per heavy atom. The zero-order valence-corrected chi connectivity index (χ0v) is 15.6. The number of amides is 4. The summed E-state index contributed by atoms with van der Waals surface area (Å²) in [6.45, 7) is 1.13. The van der Waals surface area contributed by atoms with Crippen molar-refractivity contribution in [3.8, 4) is 0 Å². The maximum atomic E-state index is 13.0. The molecule has 3 atom stereocenters. The first-order chi connectivity index (χ1) is 12.5. The summed E-state index contributed by atoms with van der Waals surface area (Å²) in [4.78, 5) is 38.5. The van der Waals surface area contributed by atoms with Crippen molar-refractivity contribution in [2.45, 2.75) is 24.5 Å². The van der Waals surface area contributed by atoms with Gasteiger partial charge in [0.25, 0.3) is 5.91 Å². The van der Waals surface area contributed by atoms with Gasteiger partial charge >= 0.3 is 6.03 Å². The van der Waals surface area contributed by atoms with Crippen molar-refractivity contribution in [3.05, 3.63) is 35.4 Å². The average molecular weight is 395 g/mol. The topological polar surface area (TPSA) is 111 Å². The fourth-order valence-electron chi connectivity index (χ4n) is 4.11. The van der Waals surface area contributed by atoms with Crippen LogP contribution in [0.4, 0.5) is 4.79 Å². The van der Waals surface area contributed by atoms with Gasteiger partial charge in [0.15, 0.2) is 0 Å². The highest BCUT2D eigenvalue weighted by molar-refractivity contribution is 6.09. The van der Waals surface area contributed by atoms with Crippen molar-refractivity contribution in [2.75, 3.05) is 26.2 Å². The van der Waals surface area contributed by atoms with Gasteiger partial charge in [-0.25, -0.2) is 4.79 Å². The van der Waals surface area contributed by atoms with Gasteiger partial charge in [-0.05, 0) is 24.0 Å². The largest absolute Gasteiger partial charge is 0.391 e. The normalized spacial score (nSPS) is 28.9. The van der Waals surface area contributed by atoms with Gasteiger partial charge in [-0.2, -0.15) is 0 Å². The Balaban J connectivity index is 0.00000210. The molecule has 0 aromatic heterocycles. The number of rotatable bonds is 4. The molecule has 0 radical (unpaired) electrons. The van der Waals surface area contributed by atoms with Crippen LogP contribution in [0.1, 0.15) is 17.5 Å². The van der Waals surface area contributed by atoms with Crippen molar-refractivity contribution in [3.63, 3.8) is 0 Å². The van der Waals surface area contributed by atoms with E-state index >= 15 is 0 Å². The van der Waals surface area contributed by atoms with Gasteiger partial charge in [0.1, 0.15) is 12.1 Å². The number of nitrogens with zero attached hydrogens (tertiary/aromatic N) is 1. The molecule has 4 rings (SSSR count). The number of aliphatic hydroxyl groups is 1. The molecule has 3 aliphatic rings. The molecule has 4 amide bonds. The lowest BCUT2D eigenvalue weighted by atomic mass is 9.92. The molecule has 1 aliphatic carbocycles. The lowest BCUT2D eigenvalue weighted by Gasteiger charge is -2.22. The molecule has 9 heteroatoms. The van der Waals surface area contributed by atoms with Gasteiger partial charge in [0, 0.05) is 25.6 Å². The Bertz CT molecular complexity index is 773. The number of urea groups is 1. The van der Waals surface area contributed by atoms with E-state index in [-0.39, 0.29) is 30.8 Å². The third kappa shape index (κ3) is 3.28. The molecule has 27 heavy (non-hydrogen) atoms. The minimum atomic E-state index is -1.04. The van der Waals surface area contributed by atoms with Crippen LogP contribution in [0.2, 0.25) is 0 Å². The number of aliphatic hydroxyl groups excluding tert-OH is 1. The van der Waals surface area contributed by atoms with E-state index in [2.05, 4.69) is 16.0 Å². The van der Waals surface area contributed by atoms with E-state index < -0.39 is 23.6 Å². The molecule has 1 spiro atoms. The average Bonchev–Trinajstić information content (AvgIpc) is 3.28. The van der Waals surface area contributed by atoms with Gasteiger partial charge in [-0.15, -0.1) is 12.4 Å². The number of carbonyl (C=O) groups is 3. The molecule has 146 valence electrons. The first kappa shape index (κ1) is 19.6. The van der Waals surface area contributed by atoms with Crippen molar-refractivity contribution >= 4 is 30.3 Å². The summed E-state index contributed by atoms with van der Waals surface area (Å²) in [6.07, 6.45) is 0.731. The molecule has 0 bridgehead atoms. The minimum Gasteiger partial charge on any atom is -0.391 e. The van der Waals surface area contributed by atoms with E-state index in [1.807, 2.05) is 24.3 Å². The van der Waals surface area contributed by atoms with Crippen LogP contribution in [-0.4, -0.2) is 60.1 Å². The zero-order valence-electron chi connectivity index (χ0n) is 14.7. The molecule has 3 unspecified atom stereocenters.